The molecule has 0 aromatic heterocycles. The molecule has 0 heterocycles. The van der Waals surface area contributed by atoms with Crippen LogP contribution in [0.1, 0.15) is 35.2 Å². The molecule has 0 aliphatic rings. The summed E-state index contributed by atoms with van der Waals surface area (Å²) in [5.74, 6) is -2.24. The van der Waals surface area contributed by atoms with Crippen LogP contribution in [-0.4, -0.2) is 24.8 Å². The first-order chi connectivity index (χ1) is 8.60. The molecule has 0 saturated heterocycles. The molecule has 3 nitrogen and oxygen atoms in total. The smallest absolute Gasteiger partial charge is 0.338 e. The summed E-state index contributed by atoms with van der Waals surface area (Å²) in [6, 6.07) is 1.96. The largest absolute Gasteiger partial charge is 0.465 e. The van der Waals surface area contributed by atoms with Gasteiger partial charge < -0.3 is 9.84 Å². The molecule has 0 fully saturated rings. The van der Waals surface area contributed by atoms with E-state index in [1.807, 2.05) is 0 Å². The summed E-state index contributed by atoms with van der Waals surface area (Å²) in [5.41, 5.74) is -0.160. The Bertz CT molecular complexity index is 396. The average Bonchev–Trinajstić information content (AvgIpc) is 2.35. The van der Waals surface area contributed by atoms with E-state index in [0.29, 0.717) is 19.3 Å². The molecule has 0 atom stereocenters. The number of halogens is 2. The number of aliphatic hydroxyl groups is 1. The molecule has 0 bridgehead atoms. The zero-order valence-electron chi connectivity index (χ0n) is 10.2. The summed E-state index contributed by atoms with van der Waals surface area (Å²) >= 11 is 0. The van der Waals surface area contributed by atoms with Crippen molar-refractivity contribution in [1.29, 1.82) is 0 Å². The van der Waals surface area contributed by atoms with Crippen molar-refractivity contribution in [2.75, 3.05) is 13.7 Å². The highest BCUT2D eigenvalue weighted by molar-refractivity contribution is 5.89. The predicted molar refractivity (Wildman–Crippen MR) is 62.3 cm³/mol. The molecular weight excluding hydrogens is 242 g/mol. The number of aliphatic hydroxyl groups excluding tert-OH is 1. The normalized spacial score (nSPS) is 10.4. The van der Waals surface area contributed by atoms with E-state index in [1.165, 1.54) is 0 Å². The lowest BCUT2D eigenvalue weighted by Crippen LogP contribution is -2.05. The van der Waals surface area contributed by atoms with Crippen molar-refractivity contribution in [2.45, 2.75) is 25.7 Å². The van der Waals surface area contributed by atoms with Crippen molar-refractivity contribution in [3.8, 4) is 0 Å². The minimum Gasteiger partial charge on any atom is -0.465 e. The third-order valence-electron chi connectivity index (χ3n) is 2.65. The molecular formula is C13H16F2O3. The molecule has 0 spiro atoms. The van der Waals surface area contributed by atoms with Crippen LogP contribution in [-0.2, 0) is 11.2 Å². The van der Waals surface area contributed by atoms with Crippen LogP contribution in [0.5, 0.6) is 0 Å². The Labute approximate surface area is 104 Å². The minimum atomic E-state index is -0.764. The first-order valence-corrected chi connectivity index (χ1v) is 5.77. The molecule has 100 valence electrons. The lowest BCUT2D eigenvalue weighted by Gasteiger charge is -2.07. The van der Waals surface area contributed by atoms with E-state index >= 15 is 0 Å². The highest BCUT2D eigenvalue weighted by Crippen LogP contribution is 2.18. The summed E-state index contributed by atoms with van der Waals surface area (Å²) in [4.78, 5) is 11.1. The number of ether oxygens (including phenoxy) is 1. The van der Waals surface area contributed by atoms with Gasteiger partial charge in [-0.05, 0) is 31.4 Å². The Morgan fingerprint density at radius 3 is 2.33 bits per heavy atom. The maximum atomic E-state index is 13.6. The molecule has 1 aromatic carbocycles. The number of benzene rings is 1. The number of hydrogen-bond acceptors (Lipinski definition) is 3. The maximum Gasteiger partial charge on any atom is 0.338 e. The molecule has 0 radical (unpaired) electrons. The predicted octanol–water partition coefficient (Wildman–Crippen LogP) is 2.46. The van der Waals surface area contributed by atoms with Gasteiger partial charge >= 0.3 is 5.97 Å². The van der Waals surface area contributed by atoms with E-state index in [0.717, 1.165) is 19.2 Å². The fraction of sp³-hybridized carbons (Fsp3) is 0.462. The quantitative estimate of drug-likeness (QED) is 0.629. The van der Waals surface area contributed by atoms with Gasteiger partial charge in [0, 0.05) is 12.2 Å². The van der Waals surface area contributed by atoms with E-state index in [4.69, 9.17) is 5.11 Å². The summed E-state index contributed by atoms with van der Waals surface area (Å²) in [6.07, 6.45) is 2.16. The van der Waals surface area contributed by atoms with Gasteiger partial charge in [0.2, 0.25) is 0 Å². The van der Waals surface area contributed by atoms with Crippen LogP contribution in [0.15, 0.2) is 12.1 Å². The highest BCUT2D eigenvalue weighted by atomic mass is 19.1. The molecule has 5 heteroatoms. The minimum absolute atomic E-state index is 0.0272. The average molecular weight is 258 g/mol. The number of hydrogen-bond donors (Lipinski definition) is 1. The number of rotatable bonds is 6. The third kappa shape index (κ3) is 3.77. The molecule has 1 N–H and O–H groups in total. The third-order valence-corrected chi connectivity index (χ3v) is 2.65. The van der Waals surface area contributed by atoms with Gasteiger partial charge in [-0.15, -0.1) is 0 Å². The SMILES string of the molecule is COC(=O)c1cc(F)c(CCCCCO)c(F)c1. The Balaban J connectivity index is 2.78. The number of esters is 1. The Morgan fingerprint density at radius 2 is 1.83 bits per heavy atom. The number of carbonyl (C=O) groups excluding carboxylic acids is 1. The molecule has 0 amide bonds. The van der Waals surface area contributed by atoms with Crippen LogP contribution in [0.3, 0.4) is 0 Å². The molecule has 18 heavy (non-hydrogen) atoms. The van der Waals surface area contributed by atoms with Crippen LogP contribution in [0.4, 0.5) is 8.78 Å². The van der Waals surface area contributed by atoms with Gasteiger partial charge in [-0.1, -0.05) is 6.42 Å². The van der Waals surface area contributed by atoms with Gasteiger partial charge in [0.25, 0.3) is 0 Å². The molecule has 0 saturated carbocycles. The van der Waals surface area contributed by atoms with Crippen LogP contribution in [0, 0.1) is 11.6 Å². The van der Waals surface area contributed by atoms with Gasteiger partial charge in [-0.25, -0.2) is 13.6 Å². The standard InChI is InChI=1S/C13H16F2O3/c1-18-13(17)9-7-11(14)10(12(15)8-9)5-3-2-4-6-16/h7-8,16H,2-6H2,1H3. The molecule has 0 aliphatic carbocycles. The van der Waals surface area contributed by atoms with E-state index in [2.05, 4.69) is 4.74 Å². The second-order valence-corrected chi connectivity index (χ2v) is 3.94. The fourth-order valence-corrected chi connectivity index (χ4v) is 1.67. The summed E-state index contributed by atoms with van der Waals surface area (Å²) in [5, 5.41) is 8.60. The van der Waals surface area contributed by atoms with Crippen LogP contribution >= 0.6 is 0 Å². The number of carbonyl (C=O) groups is 1. The topological polar surface area (TPSA) is 46.5 Å². The Hall–Kier alpha value is -1.49. The monoisotopic (exact) mass is 258 g/mol. The van der Waals surface area contributed by atoms with Gasteiger partial charge in [-0.3, -0.25) is 0 Å². The van der Waals surface area contributed by atoms with Gasteiger partial charge in [0.05, 0.1) is 12.7 Å². The molecule has 1 rings (SSSR count). The van der Waals surface area contributed by atoms with Crippen molar-refractivity contribution in [3.63, 3.8) is 0 Å². The second-order valence-electron chi connectivity index (χ2n) is 3.94. The van der Waals surface area contributed by atoms with Crippen molar-refractivity contribution < 1.29 is 23.4 Å². The first kappa shape index (κ1) is 14.6. The van der Waals surface area contributed by atoms with Gasteiger partial charge in [-0.2, -0.15) is 0 Å². The Kier molecular flexibility index (Phi) is 5.71. The van der Waals surface area contributed by atoms with E-state index in [1.54, 1.807) is 0 Å². The van der Waals surface area contributed by atoms with Crippen molar-refractivity contribution in [2.24, 2.45) is 0 Å². The summed E-state index contributed by atoms with van der Waals surface area (Å²) < 4.78 is 31.6. The van der Waals surface area contributed by atoms with E-state index in [-0.39, 0.29) is 24.2 Å². The highest BCUT2D eigenvalue weighted by Gasteiger charge is 2.15. The molecule has 0 unspecified atom stereocenters. The van der Waals surface area contributed by atoms with Crippen LogP contribution in [0.25, 0.3) is 0 Å². The number of unbranched alkanes of at least 4 members (excludes halogenated alkanes) is 2. The van der Waals surface area contributed by atoms with E-state index < -0.39 is 17.6 Å². The summed E-state index contributed by atoms with van der Waals surface area (Å²) in [7, 11) is 1.15. The van der Waals surface area contributed by atoms with Crippen LogP contribution < -0.4 is 0 Å². The molecule has 1 aromatic rings. The number of methoxy groups -OCH3 is 1. The molecule has 0 aliphatic heterocycles. The summed E-state index contributed by atoms with van der Waals surface area (Å²) in [6.45, 7) is 0.0756. The lowest BCUT2D eigenvalue weighted by atomic mass is 10.0. The van der Waals surface area contributed by atoms with Crippen LogP contribution in [0.2, 0.25) is 0 Å². The van der Waals surface area contributed by atoms with Gasteiger partial charge in [0.1, 0.15) is 11.6 Å². The van der Waals surface area contributed by atoms with E-state index in [9.17, 15) is 13.6 Å². The van der Waals surface area contributed by atoms with Crippen molar-refractivity contribution >= 4 is 5.97 Å². The Morgan fingerprint density at radius 1 is 1.22 bits per heavy atom. The van der Waals surface area contributed by atoms with Gasteiger partial charge in [0.15, 0.2) is 0 Å². The maximum absolute atomic E-state index is 13.6. The second kappa shape index (κ2) is 7.06. The van der Waals surface area contributed by atoms with Crippen molar-refractivity contribution in [3.05, 3.63) is 34.9 Å². The van der Waals surface area contributed by atoms with Crippen molar-refractivity contribution in [1.82, 2.24) is 0 Å². The zero-order valence-corrected chi connectivity index (χ0v) is 10.2. The fourth-order valence-electron chi connectivity index (χ4n) is 1.67. The lowest BCUT2D eigenvalue weighted by molar-refractivity contribution is 0.0599. The zero-order chi connectivity index (χ0) is 13.5. The first-order valence-electron chi connectivity index (χ1n) is 5.77.